The van der Waals surface area contributed by atoms with Gasteiger partial charge in [0.1, 0.15) is 6.10 Å². The average molecular weight is 952 g/mol. The van der Waals surface area contributed by atoms with Crippen LogP contribution < -0.4 is 5.32 Å². The Morgan fingerprint density at radius 3 is 2.24 bits per heavy atom. The largest absolute Gasteiger partial charge is 0.446 e. The van der Waals surface area contributed by atoms with E-state index in [-0.39, 0.29) is 23.7 Å². The molecular weight excluding hydrogens is 845 g/mol. The fourth-order valence-electron chi connectivity index (χ4n) is 13.8. The summed E-state index contributed by atoms with van der Waals surface area (Å²) in [6, 6.07) is 0. The van der Waals surface area contributed by atoms with Gasteiger partial charge in [-0.25, -0.2) is 4.79 Å². The van der Waals surface area contributed by atoms with Crippen molar-refractivity contribution < 1.29 is 28.5 Å². The quantitative estimate of drug-likeness (QED) is 0.0501. The van der Waals surface area contributed by atoms with Crippen molar-refractivity contribution in [3.05, 3.63) is 36.0 Å². The monoisotopic (exact) mass is 951 g/mol. The minimum atomic E-state index is -0.317. The highest BCUT2D eigenvalue weighted by Gasteiger charge is 2.59. The van der Waals surface area contributed by atoms with Gasteiger partial charge >= 0.3 is 6.09 Å². The first-order valence-electron chi connectivity index (χ1n) is 29.1. The van der Waals surface area contributed by atoms with Gasteiger partial charge in [-0.2, -0.15) is 0 Å². The number of carbonyl (C=O) groups is 1. The molecule has 0 radical (unpaired) electrons. The van der Waals surface area contributed by atoms with Crippen molar-refractivity contribution in [1.29, 1.82) is 0 Å². The summed E-state index contributed by atoms with van der Waals surface area (Å²) in [4.78, 5) is 15.4. The normalized spacial score (nSPS) is 28.4. The number of rotatable bonds is 35. The summed E-state index contributed by atoms with van der Waals surface area (Å²) >= 11 is 0. The van der Waals surface area contributed by atoms with Gasteiger partial charge < -0.3 is 33.9 Å². The Morgan fingerprint density at radius 1 is 0.750 bits per heavy atom. The van der Waals surface area contributed by atoms with Crippen LogP contribution in [0.15, 0.2) is 36.0 Å². The lowest BCUT2D eigenvalue weighted by Gasteiger charge is -2.58. The molecule has 4 fully saturated rings. The van der Waals surface area contributed by atoms with Gasteiger partial charge in [0.05, 0.1) is 45.7 Å². The SMILES string of the molecule is CCCCC/C=C\C/C=C\CCCCCCCCOCC(CN1CCCCC1)OCCOCCOCCNC(=O)O[C@H]1CC[C@@]2(C)C(=CC[C@H]3[C@@H]4CC[C@H]([C@H](C)CCCC(C)C)[C@@]4(C)CC[C@@H]32)C1. The molecule has 68 heavy (non-hydrogen) atoms. The number of amides is 1. The molecule has 8 heteroatoms. The summed E-state index contributed by atoms with van der Waals surface area (Å²) in [5.41, 5.74) is 2.34. The Balaban J connectivity index is 0.865. The number of carbonyl (C=O) groups excluding carboxylic acids is 1. The molecule has 1 aliphatic heterocycles. The Kier molecular flexibility index (Phi) is 27.2. The highest BCUT2D eigenvalue weighted by molar-refractivity contribution is 5.67. The van der Waals surface area contributed by atoms with Crippen LogP contribution in [0.4, 0.5) is 4.79 Å². The third kappa shape index (κ3) is 19.4. The van der Waals surface area contributed by atoms with Crippen LogP contribution in [-0.2, 0) is 23.7 Å². The maximum Gasteiger partial charge on any atom is 0.407 e. The molecule has 1 N–H and O–H groups in total. The Morgan fingerprint density at radius 2 is 1.47 bits per heavy atom. The topological polar surface area (TPSA) is 78.5 Å². The van der Waals surface area contributed by atoms with Crippen LogP contribution in [0.1, 0.15) is 208 Å². The molecule has 0 spiro atoms. The van der Waals surface area contributed by atoms with E-state index in [1.165, 1.54) is 135 Å². The average Bonchev–Trinajstić information content (AvgIpc) is 3.69. The Labute approximate surface area is 418 Å². The number of fused-ring (bicyclic) bond motifs is 5. The Hall–Kier alpha value is -1.71. The van der Waals surface area contributed by atoms with E-state index in [4.69, 9.17) is 23.7 Å². The zero-order valence-electron chi connectivity index (χ0n) is 45.1. The van der Waals surface area contributed by atoms with Crippen molar-refractivity contribution >= 4 is 6.09 Å². The predicted octanol–water partition coefficient (Wildman–Crippen LogP) is 14.9. The first kappa shape index (κ1) is 57.2. The van der Waals surface area contributed by atoms with Gasteiger partial charge in [0, 0.05) is 26.1 Å². The fourth-order valence-corrected chi connectivity index (χ4v) is 13.8. The summed E-state index contributed by atoms with van der Waals surface area (Å²) in [5, 5.41) is 2.94. The van der Waals surface area contributed by atoms with Gasteiger partial charge in [0.2, 0.25) is 0 Å². The zero-order chi connectivity index (χ0) is 48.3. The smallest absolute Gasteiger partial charge is 0.407 e. The number of alkyl carbamates (subject to hydrolysis) is 1. The molecule has 0 aromatic heterocycles. The van der Waals surface area contributed by atoms with Gasteiger partial charge in [0.25, 0.3) is 0 Å². The van der Waals surface area contributed by atoms with Crippen molar-refractivity contribution in [2.45, 2.75) is 221 Å². The maximum absolute atomic E-state index is 12.9. The Bertz CT molecular complexity index is 1440. The van der Waals surface area contributed by atoms with Gasteiger partial charge in [-0.05, 0) is 156 Å². The third-order valence-corrected chi connectivity index (χ3v) is 17.7. The van der Waals surface area contributed by atoms with Crippen LogP contribution in [0.2, 0.25) is 0 Å². The van der Waals surface area contributed by atoms with Gasteiger partial charge in [0.15, 0.2) is 0 Å². The van der Waals surface area contributed by atoms with Crippen LogP contribution in [-0.4, -0.2) is 95.6 Å². The fraction of sp³-hybridized carbons (Fsp3) is 0.883. The van der Waals surface area contributed by atoms with E-state index in [1.54, 1.807) is 5.57 Å². The van der Waals surface area contributed by atoms with Crippen molar-refractivity contribution in [2.24, 2.45) is 46.3 Å². The first-order chi connectivity index (χ1) is 33.1. The molecule has 392 valence electrons. The zero-order valence-corrected chi connectivity index (χ0v) is 45.1. The molecule has 8 nitrogen and oxygen atoms in total. The highest BCUT2D eigenvalue weighted by atomic mass is 16.6. The van der Waals surface area contributed by atoms with E-state index in [0.29, 0.717) is 51.6 Å². The highest BCUT2D eigenvalue weighted by Crippen LogP contribution is 2.67. The molecule has 4 aliphatic carbocycles. The van der Waals surface area contributed by atoms with E-state index in [1.807, 2.05) is 0 Å². The van der Waals surface area contributed by atoms with Gasteiger partial charge in [-0.3, -0.25) is 0 Å². The number of hydrogen-bond donors (Lipinski definition) is 1. The molecular formula is C60H106N2O6. The molecule has 9 atom stereocenters. The number of ether oxygens (including phenoxy) is 5. The molecule has 5 rings (SSSR count). The first-order valence-corrected chi connectivity index (χ1v) is 29.1. The minimum absolute atomic E-state index is 0.0366. The van der Waals surface area contributed by atoms with Gasteiger partial charge in [-0.1, -0.05) is 142 Å². The van der Waals surface area contributed by atoms with E-state index in [2.05, 4.69) is 82.1 Å². The van der Waals surface area contributed by atoms with Crippen LogP contribution in [0.25, 0.3) is 0 Å². The lowest BCUT2D eigenvalue weighted by atomic mass is 9.47. The predicted molar refractivity (Wildman–Crippen MR) is 283 cm³/mol. The van der Waals surface area contributed by atoms with E-state index in [9.17, 15) is 4.79 Å². The number of hydrogen-bond acceptors (Lipinski definition) is 7. The number of unbranched alkanes of at least 4 members (excludes halogenated alkanes) is 9. The van der Waals surface area contributed by atoms with E-state index >= 15 is 0 Å². The van der Waals surface area contributed by atoms with Crippen molar-refractivity contribution in [3.8, 4) is 0 Å². The second-order valence-corrected chi connectivity index (χ2v) is 23.2. The molecule has 5 aliphatic rings. The van der Waals surface area contributed by atoms with Crippen molar-refractivity contribution in [2.75, 3.05) is 72.4 Å². The number of likely N-dealkylation sites (tertiary alicyclic amines) is 1. The molecule has 1 heterocycles. The summed E-state index contributed by atoms with van der Waals surface area (Å²) in [6.07, 6.45) is 44.7. The molecule has 3 saturated carbocycles. The standard InChI is InChI=1S/C60H106N2O6/c1-7-8-9-10-11-12-13-14-15-16-17-18-19-20-21-25-40-66-48-53(47-62-38-23-22-24-39-62)67-45-44-65-43-42-64-41-37-61-58(63)68-52-33-35-59(5)51(46-52)29-30-54-56-32-31-55(50(4)28-26-27-49(2)3)60(56,6)36-34-57(54)59/h11-12,14-15,29,49-50,52-57H,7-10,13,16-28,30-48H2,1-6H3,(H,61,63)/b12-11-,15-14-/t50-,52+,53?,54+,55-,56+,57+,59+,60-/m1/s1. The molecule has 1 amide bonds. The lowest BCUT2D eigenvalue weighted by Crippen LogP contribution is -2.51. The third-order valence-electron chi connectivity index (χ3n) is 17.7. The summed E-state index contributed by atoms with van der Waals surface area (Å²) in [5.74, 6) is 5.03. The molecule has 0 aromatic rings. The summed E-state index contributed by atoms with van der Waals surface area (Å²) in [7, 11) is 0. The van der Waals surface area contributed by atoms with Crippen LogP contribution >= 0.6 is 0 Å². The molecule has 0 aromatic carbocycles. The summed E-state index contributed by atoms with van der Waals surface area (Å²) < 4.78 is 30.1. The van der Waals surface area contributed by atoms with E-state index in [0.717, 1.165) is 93.9 Å². The summed E-state index contributed by atoms with van der Waals surface area (Å²) in [6.45, 7) is 22.5. The van der Waals surface area contributed by atoms with Crippen LogP contribution in [0.3, 0.4) is 0 Å². The second kappa shape index (κ2) is 32.4. The van der Waals surface area contributed by atoms with Crippen molar-refractivity contribution in [3.63, 3.8) is 0 Å². The maximum atomic E-state index is 12.9. The molecule has 0 bridgehead atoms. The van der Waals surface area contributed by atoms with Gasteiger partial charge in [-0.15, -0.1) is 0 Å². The molecule has 1 saturated heterocycles. The number of nitrogens with zero attached hydrogens (tertiary/aromatic N) is 1. The second-order valence-electron chi connectivity index (χ2n) is 23.2. The van der Waals surface area contributed by atoms with Crippen LogP contribution in [0, 0.1) is 46.3 Å². The minimum Gasteiger partial charge on any atom is -0.446 e. The number of allylic oxidation sites excluding steroid dienone is 5. The lowest BCUT2D eigenvalue weighted by molar-refractivity contribution is -0.0583. The van der Waals surface area contributed by atoms with E-state index < -0.39 is 0 Å². The van der Waals surface area contributed by atoms with Crippen LogP contribution in [0.5, 0.6) is 0 Å². The number of nitrogens with one attached hydrogen (secondary N) is 1. The number of piperidine rings is 1. The van der Waals surface area contributed by atoms with Crippen molar-refractivity contribution in [1.82, 2.24) is 10.2 Å². The molecule has 1 unspecified atom stereocenters.